The highest BCUT2D eigenvalue weighted by atomic mass is 16.5. The molecule has 0 radical (unpaired) electrons. The van der Waals surface area contributed by atoms with Crippen LogP contribution in [0.1, 0.15) is 25.5 Å². The number of imidazole rings is 1. The number of phenolic OH excluding ortho intramolecular Hbond substituents is 1. The molecule has 0 amide bonds. The fraction of sp³-hybridized carbons (Fsp3) is 0.200. The van der Waals surface area contributed by atoms with Gasteiger partial charge in [-0.25, -0.2) is 4.98 Å². The number of anilines is 1. The summed E-state index contributed by atoms with van der Waals surface area (Å²) in [5.41, 5.74) is 3.96. The summed E-state index contributed by atoms with van der Waals surface area (Å²) in [6.07, 6.45) is 0. The predicted molar refractivity (Wildman–Crippen MR) is 99.5 cm³/mol. The van der Waals surface area contributed by atoms with E-state index in [1.807, 2.05) is 41.8 Å². The largest absolute Gasteiger partial charge is 0.504 e. The van der Waals surface area contributed by atoms with E-state index in [4.69, 9.17) is 4.74 Å². The molecule has 2 aromatic carbocycles. The van der Waals surface area contributed by atoms with Crippen LogP contribution in [0.2, 0.25) is 0 Å². The quantitative estimate of drug-likeness (QED) is 0.755. The molecule has 132 valence electrons. The SMILES string of the molecule is COc1ccc(C2C(C(C)=O)=C(C)Nc3nc4ccccc4n32)cc1O. The lowest BCUT2D eigenvalue weighted by molar-refractivity contribution is -0.114. The summed E-state index contributed by atoms with van der Waals surface area (Å²) in [7, 11) is 1.51. The normalized spacial score (nSPS) is 16.3. The number of methoxy groups -OCH3 is 1. The van der Waals surface area contributed by atoms with E-state index in [-0.39, 0.29) is 17.6 Å². The van der Waals surface area contributed by atoms with Crippen LogP contribution < -0.4 is 10.1 Å². The van der Waals surface area contributed by atoms with Crippen molar-refractivity contribution in [3.05, 3.63) is 59.3 Å². The molecule has 0 aliphatic carbocycles. The first-order valence-electron chi connectivity index (χ1n) is 8.34. The van der Waals surface area contributed by atoms with Gasteiger partial charge in [-0.2, -0.15) is 0 Å². The van der Waals surface area contributed by atoms with E-state index >= 15 is 0 Å². The van der Waals surface area contributed by atoms with Gasteiger partial charge in [0.05, 0.1) is 24.2 Å². The number of aromatic nitrogens is 2. The first-order valence-corrected chi connectivity index (χ1v) is 8.34. The zero-order chi connectivity index (χ0) is 18.4. The fourth-order valence-corrected chi connectivity index (χ4v) is 3.61. The van der Waals surface area contributed by atoms with Gasteiger partial charge in [0.2, 0.25) is 5.95 Å². The number of phenols is 1. The maximum Gasteiger partial charge on any atom is 0.209 e. The molecule has 0 bridgehead atoms. The molecule has 1 atom stereocenters. The van der Waals surface area contributed by atoms with Crippen LogP contribution in [0.4, 0.5) is 5.95 Å². The van der Waals surface area contributed by atoms with Gasteiger partial charge >= 0.3 is 0 Å². The molecule has 0 spiro atoms. The van der Waals surface area contributed by atoms with Crippen molar-refractivity contribution in [3.8, 4) is 11.5 Å². The standard InChI is InChI=1S/C20H19N3O3/c1-11-18(12(2)24)19(13-8-9-17(26-3)16(25)10-13)23-15-7-5-4-6-14(15)22-20(23)21-11/h4-10,19,25H,1-3H3,(H,21,22). The van der Waals surface area contributed by atoms with Gasteiger partial charge in [0.25, 0.3) is 0 Å². The third-order valence-electron chi connectivity index (χ3n) is 4.73. The number of aromatic hydroxyl groups is 1. The van der Waals surface area contributed by atoms with Crippen LogP contribution in [0.15, 0.2) is 53.7 Å². The monoisotopic (exact) mass is 349 g/mol. The summed E-state index contributed by atoms with van der Waals surface area (Å²) in [4.78, 5) is 17.1. The van der Waals surface area contributed by atoms with Crippen molar-refractivity contribution in [2.45, 2.75) is 19.9 Å². The fourth-order valence-electron chi connectivity index (χ4n) is 3.61. The molecule has 1 aliphatic rings. The van der Waals surface area contributed by atoms with E-state index in [1.54, 1.807) is 19.1 Å². The minimum absolute atomic E-state index is 0.0289. The molecule has 6 heteroatoms. The lowest BCUT2D eigenvalue weighted by Crippen LogP contribution is -2.27. The van der Waals surface area contributed by atoms with Crippen molar-refractivity contribution in [2.75, 3.05) is 12.4 Å². The van der Waals surface area contributed by atoms with Crippen LogP contribution in [-0.4, -0.2) is 27.6 Å². The number of nitrogens with zero attached hydrogens (tertiary/aromatic N) is 2. The number of para-hydroxylation sites is 2. The van der Waals surface area contributed by atoms with E-state index in [0.717, 1.165) is 22.3 Å². The van der Waals surface area contributed by atoms with Gasteiger partial charge in [-0.1, -0.05) is 18.2 Å². The molecule has 6 nitrogen and oxygen atoms in total. The zero-order valence-corrected chi connectivity index (χ0v) is 14.8. The molecule has 3 aromatic rings. The van der Waals surface area contributed by atoms with Gasteiger partial charge in [0.15, 0.2) is 17.3 Å². The number of carbonyl (C=O) groups excluding carboxylic acids is 1. The molecule has 2 N–H and O–H groups in total. The number of ether oxygens (including phenoxy) is 1. The molecule has 26 heavy (non-hydrogen) atoms. The molecule has 4 rings (SSSR count). The number of fused-ring (bicyclic) bond motifs is 3. The van der Waals surface area contributed by atoms with Crippen molar-refractivity contribution >= 4 is 22.8 Å². The molecule has 0 fully saturated rings. The topological polar surface area (TPSA) is 76.4 Å². The van der Waals surface area contributed by atoms with Gasteiger partial charge in [-0.3, -0.25) is 9.36 Å². The third kappa shape index (κ3) is 2.34. The lowest BCUT2D eigenvalue weighted by Gasteiger charge is -2.30. The number of carbonyl (C=O) groups is 1. The van der Waals surface area contributed by atoms with E-state index < -0.39 is 0 Å². The van der Waals surface area contributed by atoms with E-state index in [2.05, 4.69) is 10.3 Å². The minimum atomic E-state index is -0.382. The van der Waals surface area contributed by atoms with Crippen LogP contribution in [0.25, 0.3) is 11.0 Å². The Labute approximate surface area is 150 Å². The number of nitrogens with one attached hydrogen (secondary N) is 1. The average molecular weight is 349 g/mol. The number of allylic oxidation sites excluding steroid dienone is 2. The van der Waals surface area contributed by atoms with Crippen molar-refractivity contribution in [1.29, 1.82) is 0 Å². The van der Waals surface area contributed by atoms with Crippen molar-refractivity contribution in [3.63, 3.8) is 0 Å². The van der Waals surface area contributed by atoms with E-state index in [9.17, 15) is 9.90 Å². The summed E-state index contributed by atoms with van der Waals surface area (Å²) in [6.45, 7) is 3.43. The molecule has 2 heterocycles. The number of ketones is 1. The maximum atomic E-state index is 12.4. The molecule has 1 aromatic heterocycles. The van der Waals surface area contributed by atoms with E-state index in [0.29, 0.717) is 17.3 Å². The Balaban J connectivity index is 2.01. The highest BCUT2D eigenvalue weighted by Gasteiger charge is 2.32. The minimum Gasteiger partial charge on any atom is -0.504 e. The van der Waals surface area contributed by atoms with Crippen molar-refractivity contribution in [2.24, 2.45) is 0 Å². The number of rotatable bonds is 3. The summed E-state index contributed by atoms with van der Waals surface area (Å²) >= 11 is 0. The number of Topliss-reactive ketones (excluding diaryl/α,β-unsaturated/α-hetero) is 1. The highest BCUT2D eigenvalue weighted by Crippen LogP contribution is 2.41. The smallest absolute Gasteiger partial charge is 0.209 e. The average Bonchev–Trinajstić information content (AvgIpc) is 2.97. The second kappa shape index (κ2) is 5.91. The molecule has 0 saturated heterocycles. The first kappa shape index (κ1) is 16.2. The third-order valence-corrected chi connectivity index (χ3v) is 4.73. The van der Waals surface area contributed by atoms with Gasteiger partial charge < -0.3 is 15.2 Å². The molecular formula is C20H19N3O3. The Bertz CT molecular complexity index is 1070. The van der Waals surface area contributed by atoms with Gasteiger partial charge in [-0.15, -0.1) is 0 Å². The van der Waals surface area contributed by atoms with Crippen molar-refractivity contribution in [1.82, 2.24) is 9.55 Å². The van der Waals surface area contributed by atoms with Crippen molar-refractivity contribution < 1.29 is 14.6 Å². The molecule has 1 aliphatic heterocycles. The summed E-state index contributed by atoms with van der Waals surface area (Å²) in [6, 6.07) is 12.6. The molecule has 1 unspecified atom stereocenters. The summed E-state index contributed by atoms with van der Waals surface area (Å²) < 4.78 is 7.15. The first-order chi connectivity index (χ1) is 12.5. The number of hydrogen-bond acceptors (Lipinski definition) is 5. The van der Waals surface area contributed by atoms with Gasteiger partial charge in [-0.05, 0) is 43.7 Å². The Hall–Kier alpha value is -3.28. The van der Waals surface area contributed by atoms with Crippen LogP contribution in [-0.2, 0) is 4.79 Å². The number of benzene rings is 2. The van der Waals surface area contributed by atoms with Crippen LogP contribution >= 0.6 is 0 Å². The number of hydrogen-bond donors (Lipinski definition) is 2. The van der Waals surface area contributed by atoms with Crippen LogP contribution in [0.3, 0.4) is 0 Å². The Morgan fingerprint density at radius 2 is 2.04 bits per heavy atom. The van der Waals surface area contributed by atoms with Crippen LogP contribution in [0.5, 0.6) is 11.5 Å². The lowest BCUT2D eigenvalue weighted by atomic mass is 9.92. The van der Waals surface area contributed by atoms with Gasteiger partial charge in [0, 0.05) is 11.3 Å². The summed E-state index contributed by atoms with van der Waals surface area (Å²) in [5, 5.41) is 13.5. The second-order valence-electron chi connectivity index (χ2n) is 6.35. The Morgan fingerprint density at radius 3 is 2.73 bits per heavy atom. The van der Waals surface area contributed by atoms with Crippen LogP contribution in [0, 0.1) is 0 Å². The zero-order valence-electron chi connectivity index (χ0n) is 14.8. The highest BCUT2D eigenvalue weighted by molar-refractivity contribution is 5.97. The second-order valence-corrected chi connectivity index (χ2v) is 6.35. The summed E-state index contributed by atoms with van der Waals surface area (Å²) in [5.74, 6) is 1.08. The molecular weight excluding hydrogens is 330 g/mol. The van der Waals surface area contributed by atoms with E-state index in [1.165, 1.54) is 7.11 Å². The van der Waals surface area contributed by atoms with Gasteiger partial charge in [0.1, 0.15) is 0 Å². The predicted octanol–water partition coefficient (Wildman–Crippen LogP) is 3.63. The Morgan fingerprint density at radius 1 is 1.27 bits per heavy atom. The molecule has 0 saturated carbocycles. The Kier molecular flexibility index (Phi) is 3.68. The maximum absolute atomic E-state index is 12.4.